The minimum Gasteiger partial charge on any atom is -0.340 e. The zero-order valence-corrected chi connectivity index (χ0v) is 16.4. The lowest BCUT2D eigenvalue weighted by atomic mass is 9.89. The van der Waals surface area contributed by atoms with Crippen LogP contribution in [0, 0.1) is 17.1 Å². The zero-order valence-electron chi connectivity index (χ0n) is 14.9. The number of nitrogens with one attached hydrogen (secondary N) is 2. The molecule has 2 atom stereocenters. The first-order valence-corrected chi connectivity index (χ1v) is 9.79. The van der Waals surface area contributed by atoms with E-state index in [0.29, 0.717) is 21.4 Å². The molecule has 0 bridgehead atoms. The van der Waals surface area contributed by atoms with E-state index < -0.39 is 11.9 Å². The summed E-state index contributed by atoms with van der Waals surface area (Å²) >= 11 is 7.83. The molecule has 3 heterocycles. The molecule has 1 aromatic carbocycles. The third-order valence-electron chi connectivity index (χ3n) is 4.50. The van der Waals surface area contributed by atoms with Crippen molar-refractivity contribution in [3.05, 3.63) is 74.7 Å². The topological polar surface area (TPSA) is 76.3 Å². The molecule has 1 aromatic heterocycles. The van der Waals surface area contributed by atoms with Crippen LogP contribution >= 0.6 is 22.9 Å². The van der Waals surface area contributed by atoms with E-state index in [1.165, 1.54) is 23.5 Å². The van der Waals surface area contributed by atoms with E-state index in [-0.39, 0.29) is 12.5 Å². The van der Waals surface area contributed by atoms with Gasteiger partial charge in [-0.3, -0.25) is 4.99 Å². The molecule has 9 heteroatoms. The number of hydrogen-bond donors (Lipinski definition) is 2. The van der Waals surface area contributed by atoms with Crippen molar-refractivity contribution in [3.63, 3.8) is 0 Å². The van der Waals surface area contributed by atoms with Gasteiger partial charge in [-0.15, -0.1) is 11.3 Å². The summed E-state index contributed by atoms with van der Waals surface area (Å²) in [5.74, 6) is 0.165. The summed E-state index contributed by atoms with van der Waals surface area (Å²) in [6.07, 6.45) is 5.77. The standard InChI is InChI=1S/C19H16ClFN6S/c1-27-8-5-15(26-27)16-14(4-6-22)24-18(19-23-7-9-28-19)25-17(16)12-3-2-11(21)10-13(12)20/h2-3,5,7-10,15,17,26H,4H2,1H3,(H,24,25). The number of rotatable bonds is 4. The Hall–Kier alpha value is -2.73. The summed E-state index contributed by atoms with van der Waals surface area (Å²) in [4.78, 5) is 9.18. The molecule has 142 valence electrons. The molecule has 0 fully saturated rings. The van der Waals surface area contributed by atoms with Crippen LogP contribution in [0.25, 0.3) is 0 Å². The molecule has 4 rings (SSSR count). The Labute approximate surface area is 170 Å². The van der Waals surface area contributed by atoms with Crippen molar-refractivity contribution in [2.75, 3.05) is 7.05 Å². The number of benzene rings is 1. The van der Waals surface area contributed by atoms with E-state index in [1.54, 1.807) is 12.3 Å². The van der Waals surface area contributed by atoms with Crippen LogP contribution in [0.4, 0.5) is 4.39 Å². The molecule has 0 aliphatic carbocycles. The number of nitrogens with zero attached hydrogens (tertiary/aromatic N) is 4. The second-order valence-corrected chi connectivity index (χ2v) is 7.64. The summed E-state index contributed by atoms with van der Waals surface area (Å²) in [6, 6.07) is 5.85. The number of amidine groups is 1. The Bertz CT molecular complexity index is 1020. The van der Waals surface area contributed by atoms with Gasteiger partial charge in [0.25, 0.3) is 0 Å². The van der Waals surface area contributed by atoms with E-state index in [9.17, 15) is 9.65 Å². The largest absolute Gasteiger partial charge is 0.340 e. The van der Waals surface area contributed by atoms with Crippen LogP contribution in [0.1, 0.15) is 23.0 Å². The number of allylic oxidation sites excluding steroid dienone is 1. The Kier molecular flexibility index (Phi) is 5.13. The number of aromatic nitrogens is 1. The first-order chi connectivity index (χ1) is 13.6. The van der Waals surface area contributed by atoms with Crippen molar-refractivity contribution in [2.24, 2.45) is 4.99 Å². The minimum atomic E-state index is -0.481. The van der Waals surface area contributed by atoms with Crippen LogP contribution in [0.5, 0.6) is 0 Å². The van der Waals surface area contributed by atoms with E-state index in [4.69, 9.17) is 16.6 Å². The van der Waals surface area contributed by atoms with Gasteiger partial charge in [-0.25, -0.2) is 14.8 Å². The van der Waals surface area contributed by atoms with Gasteiger partial charge in [-0.2, -0.15) is 5.26 Å². The van der Waals surface area contributed by atoms with Gasteiger partial charge in [0.2, 0.25) is 0 Å². The molecule has 0 saturated heterocycles. The molecular weight excluding hydrogens is 399 g/mol. The molecular formula is C19H16ClFN6S. The van der Waals surface area contributed by atoms with Crippen molar-refractivity contribution in [1.82, 2.24) is 20.7 Å². The summed E-state index contributed by atoms with van der Waals surface area (Å²) in [5.41, 5.74) is 5.59. The van der Waals surface area contributed by atoms with Crippen LogP contribution in [0.2, 0.25) is 5.02 Å². The number of hydrogen-bond acceptors (Lipinski definition) is 7. The van der Waals surface area contributed by atoms with Crippen LogP contribution in [0.15, 0.2) is 58.3 Å². The predicted molar refractivity (Wildman–Crippen MR) is 107 cm³/mol. The highest BCUT2D eigenvalue weighted by Gasteiger charge is 2.34. The summed E-state index contributed by atoms with van der Waals surface area (Å²) < 4.78 is 13.6. The summed E-state index contributed by atoms with van der Waals surface area (Å²) in [6.45, 7) is 0. The van der Waals surface area contributed by atoms with Gasteiger partial charge >= 0.3 is 0 Å². The van der Waals surface area contributed by atoms with Gasteiger partial charge in [-0.05, 0) is 23.8 Å². The van der Waals surface area contributed by atoms with E-state index in [2.05, 4.69) is 21.8 Å². The van der Waals surface area contributed by atoms with Crippen LogP contribution in [-0.2, 0) is 0 Å². The van der Waals surface area contributed by atoms with Crippen molar-refractivity contribution in [1.29, 1.82) is 5.26 Å². The minimum absolute atomic E-state index is 0.171. The number of hydrazine groups is 1. The number of nitriles is 1. The second kappa shape index (κ2) is 7.72. The SMILES string of the molecule is CN1C=CC(C2=C(CC#N)NC(c3nccs3)=NC2c2ccc(F)cc2Cl)N1. The van der Waals surface area contributed by atoms with Crippen molar-refractivity contribution >= 4 is 28.8 Å². The normalized spacial score (nSPS) is 21.5. The Morgan fingerprint density at radius 3 is 2.93 bits per heavy atom. The fourth-order valence-electron chi connectivity index (χ4n) is 3.30. The van der Waals surface area contributed by atoms with Gasteiger partial charge in [0.1, 0.15) is 11.9 Å². The highest BCUT2D eigenvalue weighted by atomic mass is 35.5. The molecule has 0 amide bonds. The second-order valence-electron chi connectivity index (χ2n) is 6.34. The maximum Gasteiger partial charge on any atom is 0.163 e. The molecule has 6 nitrogen and oxygen atoms in total. The first kappa shape index (κ1) is 18.6. The van der Waals surface area contributed by atoms with Crippen LogP contribution < -0.4 is 10.7 Å². The Morgan fingerprint density at radius 1 is 1.43 bits per heavy atom. The molecule has 2 aliphatic rings. The van der Waals surface area contributed by atoms with E-state index in [1.807, 2.05) is 29.7 Å². The lowest BCUT2D eigenvalue weighted by Gasteiger charge is -2.31. The Balaban J connectivity index is 1.87. The van der Waals surface area contributed by atoms with E-state index in [0.717, 1.165) is 11.3 Å². The monoisotopic (exact) mass is 414 g/mol. The molecule has 28 heavy (non-hydrogen) atoms. The van der Waals surface area contributed by atoms with Crippen molar-refractivity contribution in [3.8, 4) is 6.07 Å². The smallest absolute Gasteiger partial charge is 0.163 e. The van der Waals surface area contributed by atoms with E-state index >= 15 is 0 Å². The lowest BCUT2D eigenvalue weighted by molar-refractivity contribution is 0.339. The van der Waals surface area contributed by atoms with Crippen LogP contribution in [0.3, 0.4) is 0 Å². The summed E-state index contributed by atoms with van der Waals surface area (Å²) in [5, 5.41) is 17.4. The number of thiazole rings is 1. The van der Waals surface area contributed by atoms with Gasteiger partial charge < -0.3 is 10.3 Å². The average Bonchev–Trinajstić information content (AvgIpc) is 3.33. The Morgan fingerprint density at radius 2 is 2.29 bits per heavy atom. The average molecular weight is 415 g/mol. The van der Waals surface area contributed by atoms with Gasteiger partial charge in [0.05, 0.1) is 18.5 Å². The number of halogens is 2. The van der Waals surface area contributed by atoms with Gasteiger partial charge in [-0.1, -0.05) is 17.7 Å². The van der Waals surface area contributed by atoms with Crippen molar-refractivity contribution < 1.29 is 4.39 Å². The summed E-state index contributed by atoms with van der Waals surface area (Å²) in [7, 11) is 1.89. The third-order valence-corrected chi connectivity index (χ3v) is 5.61. The highest BCUT2D eigenvalue weighted by Crippen LogP contribution is 2.39. The quantitative estimate of drug-likeness (QED) is 0.800. The maximum atomic E-state index is 13.6. The molecule has 2 unspecified atom stereocenters. The zero-order chi connectivity index (χ0) is 19.7. The number of aliphatic imine (C=N–C) groups is 1. The van der Waals surface area contributed by atoms with Crippen LogP contribution in [-0.4, -0.2) is 28.9 Å². The third kappa shape index (κ3) is 3.52. The molecule has 0 radical (unpaired) electrons. The highest BCUT2D eigenvalue weighted by molar-refractivity contribution is 7.11. The fourth-order valence-corrected chi connectivity index (χ4v) is 4.16. The maximum absolute atomic E-state index is 13.6. The fraction of sp³-hybridized carbons (Fsp3) is 0.211. The molecule has 2 N–H and O–H groups in total. The first-order valence-electron chi connectivity index (χ1n) is 8.53. The van der Waals surface area contributed by atoms with Gasteiger partial charge in [0, 0.05) is 41.1 Å². The molecule has 2 aliphatic heterocycles. The molecule has 0 saturated carbocycles. The lowest BCUT2D eigenvalue weighted by Crippen LogP contribution is -2.40. The van der Waals surface area contributed by atoms with Crippen molar-refractivity contribution in [2.45, 2.75) is 18.5 Å². The molecule has 0 spiro atoms. The van der Waals surface area contributed by atoms with Gasteiger partial charge in [0.15, 0.2) is 10.8 Å². The predicted octanol–water partition coefficient (Wildman–Crippen LogP) is 3.53. The molecule has 2 aromatic rings.